The Morgan fingerprint density at radius 2 is 1.62 bits per heavy atom. The number of carboxylic acids is 1. The van der Waals surface area contributed by atoms with Crippen LogP contribution in [0.15, 0.2) is 54.6 Å². The molecule has 2 rings (SSSR count). The number of carbonyl (C=O) groups is 2. The van der Waals surface area contributed by atoms with Gasteiger partial charge in [-0.25, -0.2) is 4.79 Å². The first kappa shape index (κ1) is 14.7. The Labute approximate surface area is 122 Å². The highest BCUT2D eigenvalue weighted by Gasteiger charge is 2.20. The second kappa shape index (κ2) is 6.19. The summed E-state index contributed by atoms with van der Waals surface area (Å²) in [4.78, 5) is 24.6. The van der Waals surface area contributed by atoms with Crippen LogP contribution in [0.2, 0.25) is 0 Å². The lowest BCUT2D eigenvalue weighted by Crippen LogP contribution is -2.35. The van der Waals surface area contributed by atoms with Crippen molar-refractivity contribution in [3.05, 3.63) is 65.7 Å². The van der Waals surface area contributed by atoms with Gasteiger partial charge in [-0.3, -0.25) is 4.79 Å². The zero-order chi connectivity index (χ0) is 15.4. The molecule has 0 heterocycles. The molecule has 0 saturated heterocycles. The van der Waals surface area contributed by atoms with Crippen molar-refractivity contribution in [3.8, 4) is 0 Å². The van der Waals surface area contributed by atoms with Crippen LogP contribution in [0, 0.1) is 0 Å². The van der Waals surface area contributed by atoms with Crippen molar-refractivity contribution in [2.45, 2.75) is 6.04 Å². The van der Waals surface area contributed by atoms with Gasteiger partial charge >= 0.3 is 5.97 Å². The standard InChI is InChI=1S/C16H16N2O3/c1-18(13-9-7-12(8-10-13)16(20)21)15(19)14(17)11-5-3-2-4-6-11/h2-10,14H,17H2,1H3,(H,20,21). The molecule has 1 amide bonds. The van der Waals surface area contributed by atoms with E-state index in [2.05, 4.69) is 0 Å². The smallest absolute Gasteiger partial charge is 0.335 e. The fourth-order valence-corrected chi connectivity index (χ4v) is 1.97. The third-order valence-corrected chi connectivity index (χ3v) is 3.26. The number of anilines is 1. The SMILES string of the molecule is CN(C(=O)C(N)c1ccccc1)c1ccc(C(=O)O)cc1. The molecule has 0 fully saturated rings. The molecule has 0 aliphatic rings. The Balaban J connectivity index is 2.17. The number of aromatic carboxylic acids is 1. The van der Waals surface area contributed by atoms with Gasteiger partial charge < -0.3 is 15.7 Å². The van der Waals surface area contributed by atoms with Crippen LogP contribution in [-0.2, 0) is 4.79 Å². The van der Waals surface area contributed by atoms with E-state index in [9.17, 15) is 9.59 Å². The number of hydrogen-bond acceptors (Lipinski definition) is 3. The zero-order valence-electron chi connectivity index (χ0n) is 11.6. The number of amides is 1. The largest absolute Gasteiger partial charge is 0.478 e. The number of nitrogens with two attached hydrogens (primary N) is 1. The molecule has 0 aliphatic carbocycles. The van der Waals surface area contributed by atoms with Crippen molar-refractivity contribution in [2.24, 2.45) is 5.73 Å². The molecule has 21 heavy (non-hydrogen) atoms. The molecule has 2 aromatic carbocycles. The summed E-state index contributed by atoms with van der Waals surface area (Å²) in [5, 5.41) is 8.86. The quantitative estimate of drug-likeness (QED) is 0.900. The van der Waals surface area contributed by atoms with E-state index in [0.29, 0.717) is 5.69 Å². The highest BCUT2D eigenvalue weighted by atomic mass is 16.4. The number of nitrogens with zero attached hydrogens (tertiary/aromatic N) is 1. The summed E-state index contributed by atoms with van der Waals surface area (Å²) in [6, 6.07) is 14.4. The Kier molecular flexibility index (Phi) is 4.35. The summed E-state index contributed by atoms with van der Waals surface area (Å²) < 4.78 is 0. The van der Waals surface area contributed by atoms with Crippen LogP contribution >= 0.6 is 0 Å². The maximum absolute atomic E-state index is 12.3. The second-order valence-electron chi connectivity index (χ2n) is 4.64. The second-order valence-corrected chi connectivity index (χ2v) is 4.64. The molecule has 5 heteroatoms. The maximum Gasteiger partial charge on any atom is 0.335 e. The monoisotopic (exact) mass is 284 g/mol. The summed E-state index contributed by atoms with van der Waals surface area (Å²) >= 11 is 0. The normalized spacial score (nSPS) is 11.7. The fraction of sp³-hybridized carbons (Fsp3) is 0.125. The lowest BCUT2D eigenvalue weighted by molar-refractivity contribution is -0.119. The Morgan fingerprint density at radius 1 is 1.05 bits per heavy atom. The lowest BCUT2D eigenvalue weighted by Gasteiger charge is -2.21. The summed E-state index contributed by atoms with van der Waals surface area (Å²) in [6.45, 7) is 0. The van der Waals surface area contributed by atoms with E-state index in [-0.39, 0.29) is 11.5 Å². The minimum atomic E-state index is -1.00. The van der Waals surface area contributed by atoms with Crippen LogP contribution in [-0.4, -0.2) is 24.0 Å². The summed E-state index contributed by atoms with van der Waals surface area (Å²) in [6.07, 6.45) is 0. The molecule has 3 N–H and O–H groups in total. The van der Waals surface area contributed by atoms with Crippen molar-refractivity contribution in [1.82, 2.24) is 0 Å². The number of hydrogen-bond donors (Lipinski definition) is 2. The first-order chi connectivity index (χ1) is 10.0. The first-order valence-electron chi connectivity index (χ1n) is 6.42. The number of likely N-dealkylation sites (N-methyl/N-ethyl adjacent to an activating group) is 1. The third-order valence-electron chi connectivity index (χ3n) is 3.26. The van der Waals surface area contributed by atoms with E-state index in [1.165, 1.54) is 17.0 Å². The van der Waals surface area contributed by atoms with Crippen LogP contribution in [0.3, 0.4) is 0 Å². The predicted molar refractivity (Wildman–Crippen MR) is 80.2 cm³/mol. The molecular formula is C16H16N2O3. The van der Waals surface area contributed by atoms with Gasteiger partial charge in [-0.05, 0) is 29.8 Å². The van der Waals surface area contributed by atoms with Gasteiger partial charge in [-0.2, -0.15) is 0 Å². The third kappa shape index (κ3) is 3.27. The van der Waals surface area contributed by atoms with E-state index >= 15 is 0 Å². The Bertz CT molecular complexity index is 638. The van der Waals surface area contributed by atoms with Gasteiger partial charge in [-0.15, -0.1) is 0 Å². The summed E-state index contributed by atoms with van der Waals surface area (Å²) in [7, 11) is 1.61. The van der Waals surface area contributed by atoms with Gasteiger partial charge in [0.15, 0.2) is 0 Å². The average molecular weight is 284 g/mol. The van der Waals surface area contributed by atoms with Gasteiger partial charge in [0, 0.05) is 12.7 Å². The van der Waals surface area contributed by atoms with E-state index in [1.54, 1.807) is 31.3 Å². The minimum absolute atomic E-state index is 0.173. The van der Waals surface area contributed by atoms with E-state index in [1.807, 2.05) is 18.2 Å². The van der Waals surface area contributed by atoms with Gasteiger partial charge in [0.2, 0.25) is 5.91 Å². The van der Waals surface area contributed by atoms with Crippen LogP contribution in [0.1, 0.15) is 22.0 Å². The molecule has 0 aliphatic heterocycles. The number of benzene rings is 2. The molecule has 108 valence electrons. The first-order valence-corrected chi connectivity index (χ1v) is 6.42. The topological polar surface area (TPSA) is 83.6 Å². The van der Waals surface area contributed by atoms with Crippen LogP contribution in [0.4, 0.5) is 5.69 Å². The number of carboxylic acid groups (broad SMARTS) is 1. The molecule has 0 aromatic heterocycles. The van der Waals surface area contributed by atoms with Gasteiger partial charge in [-0.1, -0.05) is 30.3 Å². The summed E-state index contributed by atoms with van der Waals surface area (Å²) in [5.74, 6) is -1.26. The molecule has 0 spiro atoms. The van der Waals surface area contributed by atoms with Crippen molar-refractivity contribution in [3.63, 3.8) is 0 Å². The maximum atomic E-state index is 12.3. The highest BCUT2D eigenvalue weighted by Crippen LogP contribution is 2.19. The molecule has 1 unspecified atom stereocenters. The van der Waals surface area contributed by atoms with Gasteiger partial charge in [0.25, 0.3) is 0 Å². The molecule has 2 aromatic rings. The van der Waals surface area contributed by atoms with Gasteiger partial charge in [0.1, 0.15) is 6.04 Å². The van der Waals surface area contributed by atoms with E-state index < -0.39 is 12.0 Å². The minimum Gasteiger partial charge on any atom is -0.478 e. The van der Waals surface area contributed by atoms with Crippen molar-refractivity contribution in [1.29, 1.82) is 0 Å². The molecule has 5 nitrogen and oxygen atoms in total. The summed E-state index contributed by atoms with van der Waals surface area (Å²) in [5.41, 5.74) is 7.47. The number of rotatable bonds is 4. The average Bonchev–Trinajstić information content (AvgIpc) is 2.53. The molecule has 0 radical (unpaired) electrons. The molecule has 0 bridgehead atoms. The zero-order valence-corrected chi connectivity index (χ0v) is 11.6. The highest BCUT2D eigenvalue weighted by molar-refractivity contribution is 5.97. The van der Waals surface area contributed by atoms with E-state index in [4.69, 9.17) is 10.8 Å². The Hall–Kier alpha value is -2.66. The number of carbonyl (C=O) groups excluding carboxylic acids is 1. The molecular weight excluding hydrogens is 268 g/mol. The molecule has 1 atom stereocenters. The van der Waals surface area contributed by atoms with E-state index in [0.717, 1.165) is 5.56 Å². The lowest BCUT2D eigenvalue weighted by atomic mass is 10.1. The van der Waals surface area contributed by atoms with Crippen LogP contribution in [0.25, 0.3) is 0 Å². The molecule has 0 saturated carbocycles. The van der Waals surface area contributed by atoms with Crippen molar-refractivity contribution >= 4 is 17.6 Å². The van der Waals surface area contributed by atoms with Crippen LogP contribution in [0.5, 0.6) is 0 Å². The van der Waals surface area contributed by atoms with Gasteiger partial charge in [0.05, 0.1) is 5.56 Å². The Morgan fingerprint density at radius 3 is 2.14 bits per heavy atom. The van der Waals surface area contributed by atoms with Crippen molar-refractivity contribution < 1.29 is 14.7 Å². The van der Waals surface area contributed by atoms with Crippen molar-refractivity contribution in [2.75, 3.05) is 11.9 Å². The fourth-order valence-electron chi connectivity index (χ4n) is 1.97. The predicted octanol–water partition coefficient (Wildman–Crippen LogP) is 2.05. The van der Waals surface area contributed by atoms with Crippen LogP contribution < -0.4 is 10.6 Å².